The largest absolute Gasteiger partial charge is 0.483 e. The number of hydrogen-bond donors (Lipinski definition) is 3. The lowest BCUT2D eigenvalue weighted by Crippen LogP contribution is -2.49. The number of hydrogen-bond acceptors (Lipinski definition) is 4. The van der Waals surface area contributed by atoms with Crippen LogP contribution in [0.4, 0.5) is 0 Å². The highest BCUT2D eigenvalue weighted by molar-refractivity contribution is 14.1. The average Bonchev–Trinajstić information content (AvgIpc) is 2.72. The molecule has 0 radical (unpaired) electrons. The van der Waals surface area contributed by atoms with Gasteiger partial charge in [0.2, 0.25) is 0 Å². The van der Waals surface area contributed by atoms with Gasteiger partial charge >= 0.3 is 0 Å². The Morgan fingerprint density at radius 1 is 1.00 bits per heavy atom. The van der Waals surface area contributed by atoms with Crippen molar-refractivity contribution < 1.29 is 14.3 Å². The van der Waals surface area contributed by atoms with E-state index in [4.69, 9.17) is 17.0 Å². The summed E-state index contributed by atoms with van der Waals surface area (Å²) in [7, 11) is 0. The van der Waals surface area contributed by atoms with Crippen molar-refractivity contribution >= 4 is 78.4 Å². The fourth-order valence-corrected chi connectivity index (χ4v) is 3.89. The molecule has 2 amide bonds. The summed E-state index contributed by atoms with van der Waals surface area (Å²) in [6.07, 6.45) is 0. The van der Waals surface area contributed by atoms with Crippen LogP contribution < -0.4 is 20.9 Å². The monoisotopic (exact) mass is 583 g/mol. The van der Waals surface area contributed by atoms with Gasteiger partial charge in [-0.3, -0.25) is 25.8 Å². The van der Waals surface area contributed by atoms with Crippen LogP contribution in [0.15, 0.2) is 65.1 Å². The van der Waals surface area contributed by atoms with Crippen LogP contribution in [0.25, 0.3) is 10.8 Å². The summed E-state index contributed by atoms with van der Waals surface area (Å²) >= 11 is 10.6. The van der Waals surface area contributed by atoms with Gasteiger partial charge < -0.3 is 4.74 Å². The average molecular weight is 584 g/mol. The molecule has 29 heavy (non-hydrogen) atoms. The van der Waals surface area contributed by atoms with E-state index in [1.165, 1.54) is 0 Å². The first-order valence-corrected chi connectivity index (χ1v) is 10.7. The molecule has 0 fully saturated rings. The van der Waals surface area contributed by atoms with Crippen molar-refractivity contribution in [2.75, 3.05) is 6.61 Å². The summed E-state index contributed by atoms with van der Waals surface area (Å²) in [5, 5.41) is 4.47. The Kier molecular flexibility index (Phi) is 7.40. The van der Waals surface area contributed by atoms with E-state index in [-0.39, 0.29) is 17.6 Å². The van der Waals surface area contributed by atoms with Crippen LogP contribution in [0.1, 0.15) is 10.4 Å². The summed E-state index contributed by atoms with van der Waals surface area (Å²) in [4.78, 5) is 24.2. The molecule has 3 rings (SSSR count). The van der Waals surface area contributed by atoms with Crippen LogP contribution in [0.5, 0.6) is 5.75 Å². The summed E-state index contributed by atoms with van der Waals surface area (Å²) in [6.45, 7) is -0.233. The zero-order valence-electron chi connectivity index (χ0n) is 14.9. The quantitative estimate of drug-likeness (QED) is 0.246. The van der Waals surface area contributed by atoms with Crippen LogP contribution in [-0.2, 0) is 4.79 Å². The lowest BCUT2D eigenvalue weighted by Gasteiger charge is -2.13. The highest BCUT2D eigenvalue weighted by Gasteiger charge is 2.12. The number of amides is 2. The normalized spacial score (nSPS) is 10.3. The van der Waals surface area contributed by atoms with Crippen LogP contribution in [0.3, 0.4) is 0 Å². The van der Waals surface area contributed by atoms with Crippen LogP contribution >= 0.6 is 50.7 Å². The second-order valence-electron chi connectivity index (χ2n) is 5.82. The third-order valence-electron chi connectivity index (χ3n) is 3.85. The van der Waals surface area contributed by atoms with Crippen molar-refractivity contribution in [1.29, 1.82) is 0 Å². The maximum absolute atomic E-state index is 12.1. The Labute approximate surface area is 194 Å². The molecule has 0 heterocycles. The number of fused-ring (bicyclic) bond motifs is 1. The predicted molar refractivity (Wildman–Crippen MR) is 128 cm³/mol. The Hall–Kier alpha value is -2.24. The molecule has 0 saturated carbocycles. The molecule has 0 aliphatic heterocycles. The number of halogens is 2. The standard InChI is InChI=1S/C20H15BrIN3O3S/c21-18-13-6-2-1-5-12(13)9-10-16(18)28-11-17(26)23-20(29)25-24-19(27)14-7-3-4-8-15(14)22/h1-10H,11H2,(H,24,27)(H2,23,25,26,29). The second kappa shape index (κ2) is 9.99. The van der Waals surface area contributed by atoms with E-state index in [9.17, 15) is 9.59 Å². The molecule has 148 valence electrons. The van der Waals surface area contributed by atoms with Gasteiger partial charge in [0, 0.05) is 3.57 Å². The van der Waals surface area contributed by atoms with Crippen molar-refractivity contribution in [2.45, 2.75) is 0 Å². The second-order valence-corrected chi connectivity index (χ2v) is 8.19. The van der Waals surface area contributed by atoms with E-state index in [2.05, 4.69) is 54.7 Å². The molecule has 6 nitrogen and oxygen atoms in total. The first-order valence-electron chi connectivity index (χ1n) is 8.40. The smallest absolute Gasteiger partial charge is 0.270 e. The van der Waals surface area contributed by atoms with Gasteiger partial charge in [0.05, 0.1) is 10.0 Å². The van der Waals surface area contributed by atoms with Gasteiger partial charge in [0.25, 0.3) is 11.8 Å². The third-order valence-corrected chi connectivity index (χ3v) is 5.81. The molecule has 0 aromatic heterocycles. The van der Waals surface area contributed by atoms with Crippen LogP contribution in [0.2, 0.25) is 0 Å². The van der Waals surface area contributed by atoms with Gasteiger partial charge in [-0.15, -0.1) is 0 Å². The molecule has 0 aliphatic rings. The van der Waals surface area contributed by atoms with Crippen molar-refractivity contribution in [2.24, 2.45) is 0 Å². The number of rotatable bonds is 4. The van der Waals surface area contributed by atoms with Crippen molar-refractivity contribution in [3.63, 3.8) is 0 Å². The van der Waals surface area contributed by atoms with E-state index >= 15 is 0 Å². The maximum Gasteiger partial charge on any atom is 0.270 e. The summed E-state index contributed by atoms with van der Waals surface area (Å²) in [5.41, 5.74) is 5.45. The van der Waals surface area contributed by atoms with E-state index in [1.807, 2.05) is 42.5 Å². The molecule has 0 unspecified atom stereocenters. The van der Waals surface area contributed by atoms with Gasteiger partial charge in [-0.1, -0.05) is 42.5 Å². The first-order chi connectivity index (χ1) is 14.0. The van der Waals surface area contributed by atoms with Gasteiger partial charge in [-0.25, -0.2) is 0 Å². The SMILES string of the molecule is O=C(COc1ccc2ccccc2c1Br)NC(=S)NNC(=O)c1ccccc1I. The third kappa shape index (κ3) is 5.64. The van der Waals surface area contributed by atoms with Crippen LogP contribution in [0, 0.1) is 3.57 Å². The van der Waals surface area contributed by atoms with Crippen molar-refractivity contribution in [3.05, 3.63) is 74.3 Å². The molecule has 9 heteroatoms. The number of benzene rings is 3. The molecule has 0 bridgehead atoms. The zero-order valence-corrected chi connectivity index (χ0v) is 19.4. The highest BCUT2D eigenvalue weighted by atomic mass is 127. The Bertz CT molecular complexity index is 1090. The maximum atomic E-state index is 12.1. The van der Waals surface area contributed by atoms with Gasteiger partial charge in [-0.2, -0.15) is 0 Å². The van der Waals surface area contributed by atoms with Gasteiger partial charge in [-0.05, 0) is 79.7 Å². The minimum absolute atomic E-state index is 0.0320. The molecule has 0 atom stereocenters. The first kappa shape index (κ1) is 21.5. The highest BCUT2D eigenvalue weighted by Crippen LogP contribution is 2.32. The lowest BCUT2D eigenvalue weighted by molar-refractivity contribution is -0.121. The molecule has 3 aromatic rings. The fourth-order valence-electron chi connectivity index (χ4n) is 2.49. The minimum atomic E-state index is -0.453. The van der Waals surface area contributed by atoms with Crippen LogP contribution in [-0.4, -0.2) is 23.5 Å². The molecule has 0 spiro atoms. The molecular formula is C20H15BrIN3O3S. The van der Waals surface area contributed by atoms with E-state index in [1.54, 1.807) is 18.2 Å². The Morgan fingerprint density at radius 2 is 1.72 bits per heavy atom. The van der Waals surface area contributed by atoms with E-state index in [0.29, 0.717) is 11.3 Å². The number of carbonyl (C=O) groups is 2. The molecule has 0 saturated heterocycles. The summed E-state index contributed by atoms with van der Waals surface area (Å²) in [6, 6.07) is 18.6. The minimum Gasteiger partial charge on any atom is -0.483 e. The molecule has 3 aromatic carbocycles. The number of nitrogens with one attached hydrogen (secondary N) is 3. The number of thiocarbonyl (C=S) groups is 1. The van der Waals surface area contributed by atoms with Gasteiger partial charge in [0.15, 0.2) is 11.7 Å². The topological polar surface area (TPSA) is 79.5 Å². The summed E-state index contributed by atoms with van der Waals surface area (Å²) < 4.78 is 7.16. The van der Waals surface area contributed by atoms with E-state index in [0.717, 1.165) is 18.8 Å². The number of hydrazine groups is 1. The number of ether oxygens (including phenoxy) is 1. The number of carbonyl (C=O) groups excluding carboxylic acids is 2. The fraction of sp³-hybridized carbons (Fsp3) is 0.0500. The lowest BCUT2D eigenvalue weighted by atomic mass is 10.1. The Balaban J connectivity index is 1.49. The predicted octanol–water partition coefficient (Wildman–Crippen LogP) is 3.92. The van der Waals surface area contributed by atoms with Crippen molar-refractivity contribution in [3.8, 4) is 5.75 Å². The van der Waals surface area contributed by atoms with Gasteiger partial charge in [0.1, 0.15) is 5.75 Å². The van der Waals surface area contributed by atoms with Crippen molar-refractivity contribution in [1.82, 2.24) is 16.2 Å². The Morgan fingerprint density at radius 3 is 2.52 bits per heavy atom. The molecule has 0 aliphatic carbocycles. The molecular weight excluding hydrogens is 569 g/mol. The zero-order chi connectivity index (χ0) is 20.8. The van der Waals surface area contributed by atoms with E-state index < -0.39 is 5.91 Å². The summed E-state index contributed by atoms with van der Waals surface area (Å²) in [5.74, 6) is -0.265. The molecule has 3 N–H and O–H groups in total.